The molecule has 0 spiro atoms. The predicted molar refractivity (Wildman–Crippen MR) is 74.3 cm³/mol. The van der Waals surface area contributed by atoms with Crippen LogP contribution in [0.4, 0.5) is 10.1 Å². The van der Waals surface area contributed by atoms with Crippen LogP contribution in [-0.4, -0.2) is 13.5 Å². The number of anilines is 1. The van der Waals surface area contributed by atoms with Crippen LogP contribution < -0.4 is 4.72 Å². The lowest BCUT2D eigenvalue weighted by atomic mass is 10.2. The van der Waals surface area contributed by atoms with Crippen molar-refractivity contribution in [3.8, 4) is 0 Å². The molecule has 0 aliphatic rings. The van der Waals surface area contributed by atoms with Gasteiger partial charge in [0.1, 0.15) is 5.82 Å². The highest BCUT2D eigenvalue weighted by molar-refractivity contribution is 7.92. The van der Waals surface area contributed by atoms with E-state index < -0.39 is 22.4 Å². The first kappa shape index (κ1) is 14.5. The number of benzene rings is 2. The van der Waals surface area contributed by atoms with Crippen LogP contribution in [0.25, 0.3) is 0 Å². The normalized spacial score (nSPS) is 11.3. The highest BCUT2D eigenvalue weighted by Crippen LogP contribution is 2.22. The van der Waals surface area contributed by atoms with Crippen molar-refractivity contribution < 1.29 is 17.9 Å². The first-order chi connectivity index (χ1) is 9.44. The molecule has 0 fully saturated rings. The summed E-state index contributed by atoms with van der Waals surface area (Å²) in [5.41, 5.74) is 0.831. The summed E-state index contributed by atoms with van der Waals surface area (Å²) in [6, 6.07) is 10.2. The average Bonchev–Trinajstić information content (AvgIpc) is 2.42. The van der Waals surface area contributed by atoms with E-state index >= 15 is 0 Å². The Bertz CT molecular complexity index is 729. The summed E-state index contributed by atoms with van der Waals surface area (Å²) in [6.45, 7) is 1.30. The van der Waals surface area contributed by atoms with E-state index in [1.165, 1.54) is 24.3 Å². The van der Waals surface area contributed by atoms with Crippen LogP contribution in [0.3, 0.4) is 0 Å². The Balaban J connectivity index is 2.41. The molecule has 0 radical (unpaired) electrons. The molecule has 0 amide bonds. The van der Waals surface area contributed by atoms with Crippen molar-refractivity contribution in [1.29, 1.82) is 0 Å². The van der Waals surface area contributed by atoms with Crippen LogP contribution in [-0.2, 0) is 16.6 Å². The minimum atomic E-state index is -3.94. The van der Waals surface area contributed by atoms with E-state index in [-0.39, 0.29) is 16.1 Å². The van der Waals surface area contributed by atoms with Crippen LogP contribution in [0, 0.1) is 12.7 Å². The Hall–Kier alpha value is -1.92. The number of aryl methyl sites for hydroxylation is 1. The first-order valence-corrected chi connectivity index (χ1v) is 7.40. The SMILES string of the molecule is Cc1ccc(NS(=O)(=O)c2ccccc2CO)c(F)c1. The van der Waals surface area contributed by atoms with Gasteiger partial charge in [0.2, 0.25) is 0 Å². The Morgan fingerprint density at radius 2 is 1.90 bits per heavy atom. The summed E-state index contributed by atoms with van der Waals surface area (Å²) in [4.78, 5) is -0.0672. The molecule has 0 atom stereocenters. The largest absolute Gasteiger partial charge is 0.392 e. The molecule has 106 valence electrons. The highest BCUT2D eigenvalue weighted by atomic mass is 32.2. The Morgan fingerprint density at radius 3 is 2.55 bits per heavy atom. The number of sulfonamides is 1. The lowest BCUT2D eigenvalue weighted by molar-refractivity contribution is 0.278. The molecular weight excluding hydrogens is 281 g/mol. The van der Waals surface area contributed by atoms with Crippen molar-refractivity contribution in [2.75, 3.05) is 4.72 Å². The zero-order chi connectivity index (χ0) is 14.8. The van der Waals surface area contributed by atoms with E-state index in [1.54, 1.807) is 25.1 Å². The molecule has 0 saturated heterocycles. The number of aliphatic hydroxyl groups is 1. The molecular formula is C14H14FNO3S. The fourth-order valence-corrected chi connectivity index (χ4v) is 3.10. The van der Waals surface area contributed by atoms with Crippen molar-refractivity contribution in [2.24, 2.45) is 0 Å². The summed E-state index contributed by atoms with van der Waals surface area (Å²) in [6.07, 6.45) is 0. The van der Waals surface area contributed by atoms with E-state index in [9.17, 15) is 17.9 Å². The van der Waals surface area contributed by atoms with Gasteiger partial charge in [0.05, 0.1) is 17.2 Å². The lowest BCUT2D eigenvalue weighted by Gasteiger charge is -2.11. The van der Waals surface area contributed by atoms with Gasteiger partial charge >= 0.3 is 0 Å². The fourth-order valence-electron chi connectivity index (χ4n) is 1.80. The van der Waals surface area contributed by atoms with Gasteiger partial charge in [0, 0.05) is 0 Å². The second-order valence-corrected chi connectivity index (χ2v) is 6.01. The van der Waals surface area contributed by atoms with Crippen molar-refractivity contribution in [2.45, 2.75) is 18.4 Å². The van der Waals surface area contributed by atoms with Gasteiger partial charge in [-0.2, -0.15) is 0 Å². The molecule has 2 rings (SSSR count). The van der Waals surface area contributed by atoms with Gasteiger partial charge < -0.3 is 5.11 Å². The summed E-state index contributed by atoms with van der Waals surface area (Å²) < 4.78 is 40.4. The maximum atomic E-state index is 13.7. The first-order valence-electron chi connectivity index (χ1n) is 5.92. The van der Waals surface area contributed by atoms with E-state index in [4.69, 9.17) is 0 Å². The molecule has 2 aromatic carbocycles. The van der Waals surface area contributed by atoms with Crippen LogP contribution in [0.15, 0.2) is 47.4 Å². The monoisotopic (exact) mass is 295 g/mol. The van der Waals surface area contributed by atoms with Gasteiger partial charge in [-0.1, -0.05) is 24.3 Å². The molecule has 4 nitrogen and oxygen atoms in total. The van der Waals surface area contributed by atoms with E-state index in [0.717, 1.165) is 0 Å². The molecule has 0 aliphatic carbocycles. The van der Waals surface area contributed by atoms with Gasteiger partial charge in [0.25, 0.3) is 10.0 Å². The Morgan fingerprint density at radius 1 is 1.20 bits per heavy atom. The van der Waals surface area contributed by atoms with E-state index in [0.29, 0.717) is 5.56 Å². The maximum absolute atomic E-state index is 13.7. The average molecular weight is 295 g/mol. The fraction of sp³-hybridized carbons (Fsp3) is 0.143. The number of rotatable bonds is 4. The number of hydrogen-bond acceptors (Lipinski definition) is 3. The van der Waals surface area contributed by atoms with Crippen LogP contribution >= 0.6 is 0 Å². The molecule has 20 heavy (non-hydrogen) atoms. The second-order valence-electron chi connectivity index (χ2n) is 4.35. The number of halogens is 1. The second kappa shape index (κ2) is 5.60. The minimum absolute atomic E-state index is 0.0672. The van der Waals surface area contributed by atoms with Gasteiger partial charge in [-0.15, -0.1) is 0 Å². The van der Waals surface area contributed by atoms with Crippen molar-refractivity contribution in [3.63, 3.8) is 0 Å². The van der Waals surface area contributed by atoms with Crippen LogP contribution in [0.2, 0.25) is 0 Å². The van der Waals surface area contributed by atoms with Crippen molar-refractivity contribution >= 4 is 15.7 Å². The third-order valence-corrected chi connectivity index (χ3v) is 4.27. The van der Waals surface area contributed by atoms with Crippen molar-refractivity contribution in [3.05, 3.63) is 59.4 Å². The molecule has 0 aromatic heterocycles. The molecule has 0 aliphatic heterocycles. The van der Waals surface area contributed by atoms with Crippen LogP contribution in [0.1, 0.15) is 11.1 Å². The van der Waals surface area contributed by atoms with Gasteiger partial charge in [-0.3, -0.25) is 4.72 Å². The zero-order valence-electron chi connectivity index (χ0n) is 10.8. The number of hydrogen-bond donors (Lipinski definition) is 2. The number of nitrogens with one attached hydrogen (secondary N) is 1. The predicted octanol–water partition coefficient (Wildman–Crippen LogP) is 2.43. The third-order valence-electron chi connectivity index (χ3n) is 2.80. The minimum Gasteiger partial charge on any atom is -0.392 e. The Kier molecular flexibility index (Phi) is 4.06. The number of aliphatic hydroxyl groups excluding tert-OH is 1. The van der Waals surface area contributed by atoms with Gasteiger partial charge in [0.15, 0.2) is 0 Å². The maximum Gasteiger partial charge on any atom is 0.262 e. The van der Waals surface area contributed by atoms with Gasteiger partial charge in [-0.05, 0) is 36.2 Å². The summed E-state index contributed by atoms with van der Waals surface area (Å²) in [5, 5.41) is 9.17. The lowest BCUT2D eigenvalue weighted by Crippen LogP contribution is -2.16. The van der Waals surface area contributed by atoms with Crippen molar-refractivity contribution in [1.82, 2.24) is 0 Å². The smallest absolute Gasteiger partial charge is 0.262 e. The molecule has 0 bridgehead atoms. The molecule has 2 aromatic rings. The molecule has 0 saturated carbocycles. The molecule has 0 unspecified atom stereocenters. The molecule has 6 heteroatoms. The standard InChI is InChI=1S/C14H14FNO3S/c1-10-6-7-13(12(15)8-10)16-20(18,19)14-5-3-2-4-11(14)9-17/h2-8,16-17H,9H2,1H3. The zero-order valence-corrected chi connectivity index (χ0v) is 11.6. The topological polar surface area (TPSA) is 66.4 Å². The molecule has 2 N–H and O–H groups in total. The quantitative estimate of drug-likeness (QED) is 0.910. The van der Waals surface area contributed by atoms with E-state index in [1.807, 2.05) is 0 Å². The molecule has 0 heterocycles. The van der Waals surface area contributed by atoms with E-state index in [2.05, 4.69) is 4.72 Å². The highest BCUT2D eigenvalue weighted by Gasteiger charge is 2.19. The summed E-state index contributed by atoms with van der Waals surface area (Å²) in [5.74, 6) is -0.643. The third kappa shape index (κ3) is 2.97. The Labute approximate surface area is 116 Å². The van der Waals surface area contributed by atoms with Crippen LogP contribution in [0.5, 0.6) is 0 Å². The van der Waals surface area contributed by atoms with Gasteiger partial charge in [-0.25, -0.2) is 12.8 Å². The summed E-state index contributed by atoms with van der Waals surface area (Å²) >= 11 is 0. The summed E-state index contributed by atoms with van der Waals surface area (Å²) in [7, 11) is -3.94.